The van der Waals surface area contributed by atoms with Crippen molar-refractivity contribution in [2.45, 2.75) is 6.54 Å². The summed E-state index contributed by atoms with van der Waals surface area (Å²) in [5.74, 6) is 0. The second-order valence-electron chi connectivity index (χ2n) is 7.02. The van der Waals surface area contributed by atoms with Crippen LogP contribution in [0.5, 0.6) is 0 Å². The number of aliphatic imine (C=N–C) groups is 1. The van der Waals surface area contributed by atoms with E-state index in [-0.39, 0.29) is 0 Å². The molecule has 0 fully saturated rings. The zero-order valence-corrected chi connectivity index (χ0v) is 18.0. The molecule has 0 unspecified atom stereocenters. The van der Waals surface area contributed by atoms with Gasteiger partial charge in [-0.3, -0.25) is 4.99 Å². The predicted molar refractivity (Wildman–Crippen MR) is 133 cm³/mol. The number of terminal acetylenes is 1. The molecular weight excluding hydrogens is 408 g/mol. The van der Waals surface area contributed by atoms with E-state index in [2.05, 4.69) is 74.5 Å². The number of aromatic nitrogens is 4. The van der Waals surface area contributed by atoms with Gasteiger partial charge in [0.05, 0.1) is 36.3 Å². The Morgan fingerprint density at radius 1 is 0.909 bits per heavy atom. The average Bonchev–Trinajstić information content (AvgIpc) is 3.56. The Morgan fingerprint density at radius 3 is 2.42 bits per heavy atom. The highest BCUT2D eigenvalue weighted by atomic mass is 15.1. The molecule has 0 amide bonds. The van der Waals surface area contributed by atoms with Gasteiger partial charge in [-0.2, -0.15) is 0 Å². The van der Waals surface area contributed by atoms with Crippen molar-refractivity contribution in [3.8, 4) is 12.8 Å². The normalized spacial score (nSPS) is 14.8. The van der Waals surface area contributed by atoms with E-state index in [4.69, 9.17) is 0 Å². The maximum Gasteiger partial charge on any atom is 0.0991 e. The molecule has 0 saturated carbocycles. The van der Waals surface area contributed by atoms with Gasteiger partial charge in [-0.15, -0.1) is 18.6 Å². The third kappa shape index (κ3) is 4.92. The summed E-state index contributed by atoms with van der Waals surface area (Å²) < 4.78 is 3.96. The topological polar surface area (TPSA) is 51.2 Å². The number of hydrogen-bond acceptors (Lipinski definition) is 4. The Balaban J connectivity index is 0.00000126. The van der Waals surface area contributed by atoms with Crippen LogP contribution in [0, 0.1) is 12.8 Å². The SMILES string of the molecule is C#C.C1=CC=NCc2ccccc2N(C2=C=CC(n3ccnc3)=CC(n3ccnc3)=C2)CC=1. The smallest absolute Gasteiger partial charge is 0.0991 e. The molecule has 1 aliphatic carbocycles. The van der Waals surface area contributed by atoms with Gasteiger partial charge in [-0.25, -0.2) is 9.97 Å². The Labute approximate surface area is 193 Å². The molecule has 6 nitrogen and oxygen atoms in total. The quantitative estimate of drug-likeness (QED) is 0.452. The van der Waals surface area contributed by atoms with Crippen molar-refractivity contribution in [3.05, 3.63) is 115 Å². The maximum absolute atomic E-state index is 4.50. The summed E-state index contributed by atoms with van der Waals surface area (Å²) in [4.78, 5) is 15.1. The first-order valence-corrected chi connectivity index (χ1v) is 10.3. The molecule has 6 heteroatoms. The van der Waals surface area contributed by atoms with E-state index in [1.54, 1.807) is 31.3 Å². The summed E-state index contributed by atoms with van der Waals surface area (Å²) in [6.07, 6.45) is 30.8. The fourth-order valence-electron chi connectivity index (χ4n) is 3.54. The fourth-order valence-corrected chi connectivity index (χ4v) is 3.54. The van der Waals surface area contributed by atoms with E-state index in [0.29, 0.717) is 13.1 Å². The Kier molecular flexibility index (Phi) is 6.80. The van der Waals surface area contributed by atoms with E-state index >= 15 is 0 Å². The number of para-hydroxylation sites is 1. The van der Waals surface area contributed by atoms with Crippen LogP contribution in [0.2, 0.25) is 0 Å². The fraction of sp³-hybridized carbons (Fsp3) is 0.0741. The highest BCUT2D eigenvalue weighted by Crippen LogP contribution is 2.28. The van der Waals surface area contributed by atoms with Gasteiger partial charge < -0.3 is 14.0 Å². The van der Waals surface area contributed by atoms with Gasteiger partial charge in [-0.05, 0) is 35.9 Å². The van der Waals surface area contributed by atoms with E-state index in [1.807, 2.05) is 45.8 Å². The molecular formula is C27H22N6. The lowest BCUT2D eigenvalue weighted by Gasteiger charge is -2.26. The van der Waals surface area contributed by atoms with Gasteiger partial charge >= 0.3 is 0 Å². The van der Waals surface area contributed by atoms with Crippen LogP contribution in [0.1, 0.15) is 5.56 Å². The standard InChI is InChI=1S/C25H20N6.C2H2/c1-4-10-26-18-21-6-2-3-7-25(21)31(13-5-1)23-9-8-22(29-14-11-27-19-29)16-24(17-23)30-15-12-28-20-30;1-2/h2-8,10-12,14-17,19-20H,13,18H2;1-2H. The summed E-state index contributed by atoms with van der Waals surface area (Å²) in [5, 5.41) is 0. The monoisotopic (exact) mass is 430 g/mol. The van der Waals surface area contributed by atoms with Crippen LogP contribution >= 0.6 is 0 Å². The van der Waals surface area contributed by atoms with Crippen molar-refractivity contribution < 1.29 is 0 Å². The van der Waals surface area contributed by atoms with E-state index in [1.165, 1.54) is 0 Å². The largest absolute Gasteiger partial charge is 0.330 e. The van der Waals surface area contributed by atoms with Gasteiger partial charge in [0.15, 0.2) is 0 Å². The molecule has 5 rings (SSSR count). The second kappa shape index (κ2) is 10.5. The molecule has 2 aromatic heterocycles. The number of nitrogens with zero attached hydrogens (tertiary/aromatic N) is 6. The van der Waals surface area contributed by atoms with Crippen molar-refractivity contribution in [3.63, 3.8) is 0 Å². The first kappa shape index (κ1) is 21.4. The van der Waals surface area contributed by atoms with Crippen LogP contribution in [-0.2, 0) is 6.54 Å². The van der Waals surface area contributed by atoms with Gasteiger partial charge in [-0.1, -0.05) is 23.9 Å². The highest BCUT2D eigenvalue weighted by Gasteiger charge is 2.16. The van der Waals surface area contributed by atoms with Gasteiger partial charge in [0.1, 0.15) is 0 Å². The van der Waals surface area contributed by atoms with Crippen LogP contribution in [0.15, 0.2) is 114 Å². The van der Waals surface area contributed by atoms with Crippen molar-refractivity contribution in [2.24, 2.45) is 4.99 Å². The lowest BCUT2D eigenvalue weighted by molar-refractivity contribution is 0.990. The number of imidazole rings is 2. The van der Waals surface area contributed by atoms with Gasteiger partial charge in [0.2, 0.25) is 0 Å². The highest BCUT2D eigenvalue weighted by molar-refractivity contribution is 5.77. The summed E-state index contributed by atoms with van der Waals surface area (Å²) in [7, 11) is 0. The van der Waals surface area contributed by atoms with E-state index in [9.17, 15) is 0 Å². The number of hydrogen-bond donors (Lipinski definition) is 0. The van der Waals surface area contributed by atoms with Gasteiger partial charge in [0, 0.05) is 49.3 Å². The lowest BCUT2D eigenvalue weighted by atomic mass is 10.1. The second-order valence-corrected chi connectivity index (χ2v) is 7.02. The summed E-state index contributed by atoms with van der Waals surface area (Å²) in [6, 6.07) is 8.34. The average molecular weight is 431 g/mol. The minimum absolute atomic E-state index is 0.610. The summed E-state index contributed by atoms with van der Waals surface area (Å²) in [6.45, 7) is 1.27. The minimum Gasteiger partial charge on any atom is -0.330 e. The molecule has 0 N–H and O–H groups in total. The summed E-state index contributed by atoms with van der Waals surface area (Å²) in [5.41, 5.74) is 11.8. The molecule has 0 radical (unpaired) electrons. The van der Waals surface area contributed by atoms with Crippen LogP contribution in [0.25, 0.3) is 11.4 Å². The minimum atomic E-state index is 0.610. The first-order valence-electron chi connectivity index (χ1n) is 10.3. The van der Waals surface area contributed by atoms with Crippen LogP contribution in [-0.4, -0.2) is 31.9 Å². The maximum atomic E-state index is 4.50. The van der Waals surface area contributed by atoms with Crippen molar-refractivity contribution in [1.29, 1.82) is 0 Å². The molecule has 0 saturated heterocycles. The Bertz CT molecular complexity index is 1330. The molecule has 33 heavy (non-hydrogen) atoms. The summed E-state index contributed by atoms with van der Waals surface area (Å²) >= 11 is 0. The molecule has 0 atom stereocenters. The number of anilines is 1. The van der Waals surface area contributed by atoms with E-state index in [0.717, 1.165) is 28.3 Å². The molecule has 2 aliphatic rings. The van der Waals surface area contributed by atoms with Crippen LogP contribution < -0.4 is 4.90 Å². The number of fused-ring (bicyclic) bond motifs is 1. The first-order chi connectivity index (χ1) is 16.4. The van der Waals surface area contributed by atoms with Crippen molar-refractivity contribution in [1.82, 2.24) is 19.1 Å². The third-order valence-corrected chi connectivity index (χ3v) is 5.06. The lowest BCUT2D eigenvalue weighted by Crippen LogP contribution is -2.23. The Morgan fingerprint density at radius 2 is 1.67 bits per heavy atom. The molecule has 0 spiro atoms. The van der Waals surface area contributed by atoms with Crippen LogP contribution in [0.4, 0.5) is 5.69 Å². The number of allylic oxidation sites excluding steroid dienone is 4. The third-order valence-electron chi connectivity index (χ3n) is 5.06. The van der Waals surface area contributed by atoms with Gasteiger partial charge in [0.25, 0.3) is 0 Å². The molecule has 3 aromatic rings. The van der Waals surface area contributed by atoms with E-state index < -0.39 is 0 Å². The number of benzene rings is 1. The molecule has 1 aliphatic heterocycles. The van der Waals surface area contributed by atoms with Crippen molar-refractivity contribution in [2.75, 3.05) is 11.4 Å². The molecule has 160 valence electrons. The zero-order chi connectivity index (χ0) is 22.9. The van der Waals surface area contributed by atoms with Crippen LogP contribution in [0.3, 0.4) is 0 Å². The molecule has 1 aromatic carbocycles. The Hall–Kier alpha value is -4.81. The van der Waals surface area contributed by atoms with Crippen molar-refractivity contribution >= 4 is 23.3 Å². The predicted octanol–water partition coefficient (Wildman–Crippen LogP) is 4.57. The zero-order valence-electron chi connectivity index (χ0n) is 18.0. The molecule has 3 heterocycles. The number of rotatable bonds is 3. The molecule has 0 bridgehead atoms.